The van der Waals surface area contributed by atoms with E-state index in [0.29, 0.717) is 11.4 Å². The second kappa shape index (κ2) is 7.87. The summed E-state index contributed by atoms with van der Waals surface area (Å²) in [6.07, 6.45) is 4.43. The number of carbonyl (C=O) groups excluding carboxylic acids is 3. The van der Waals surface area contributed by atoms with Gasteiger partial charge in [0.1, 0.15) is 11.3 Å². The van der Waals surface area contributed by atoms with Crippen LogP contribution in [0.4, 0.5) is 10.5 Å². The number of aromatic nitrogens is 1. The smallest absolute Gasteiger partial charge is 0.335 e. The van der Waals surface area contributed by atoms with Gasteiger partial charge in [0.15, 0.2) is 0 Å². The Labute approximate surface area is 173 Å². The maximum Gasteiger partial charge on any atom is 0.335 e. The SMILES string of the molecule is CCCn1cc(C=C2C(=O)NC(=O)N(c3ccc(OC)cc3)C2=O)c2ccccc21. The number of rotatable bonds is 5. The van der Waals surface area contributed by atoms with Crippen LogP contribution in [0.2, 0.25) is 0 Å². The molecule has 1 aliphatic rings. The van der Waals surface area contributed by atoms with E-state index in [2.05, 4.69) is 16.8 Å². The predicted molar refractivity (Wildman–Crippen MR) is 114 cm³/mol. The number of aryl methyl sites for hydroxylation is 1. The average molecular weight is 403 g/mol. The fourth-order valence-electron chi connectivity index (χ4n) is 3.59. The van der Waals surface area contributed by atoms with E-state index >= 15 is 0 Å². The molecule has 0 aliphatic carbocycles. The van der Waals surface area contributed by atoms with Crippen LogP contribution in [0.5, 0.6) is 5.75 Å². The molecule has 1 aliphatic heterocycles. The molecular weight excluding hydrogens is 382 g/mol. The van der Waals surface area contributed by atoms with Crippen LogP contribution in [0.15, 0.2) is 60.3 Å². The highest BCUT2D eigenvalue weighted by molar-refractivity contribution is 6.39. The number of nitrogens with zero attached hydrogens (tertiary/aromatic N) is 2. The Morgan fingerprint density at radius 1 is 1.03 bits per heavy atom. The number of para-hydroxylation sites is 1. The molecule has 3 aromatic rings. The number of ether oxygens (including phenoxy) is 1. The van der Waals surface area contributed by atoms with Crippen molar-refractivity contribution >= 4 is 40.5 Å². The zero-order chi connectivity index (χ0) is 21.3. The van der Waals surface area contributed by atoms with Crippen molar-refractivity contribution in [3.05, 3.63) is 65.9 Å². The van der Waals surface area contributed by atoms with Crippen LogP contribution in [-0.2, 0) is 16.1 Å². The molecule has 4 amide bonds. The highest BCUT2D eigenvalue weighted by atomic mass is 16.5. The third kappa shape index (κ3) is 3.34. The molecule has 1 fully saturated rings. The largest absolute Gasteiger partial charge is 0.497 e. The van der Waals surface area contributed by atoms with E-state index in [0.717, 1.165) is 34.3 Å². The van der Waals surface area contributed by atoms with Crippen LogP contribution in [0.25, 0.3) is 17.0 Å². The number of nitrogens with one attached hydrogen (secondary N) is 1. The number of hydrogen-bond acceptors (Lipinski definition) is 4. The van der Waals surface area contributed by atoms with Gasteiger partial charge >= 0.3 is 6.03 Å². The van der Waals surface area contributed by atoms with Crippen molar-refractivity contribution in [1.82, 2.24) is 9.88 Å². The van der Waals surface area contributed by atoms with Crippen molar-refractivity contribution in [2.75, 3.05) is 12.0 Å². The predicted octanol–water partition coefficient (Wildman–Crippen LogP) is 3.73. The minimum atomic E-state index is -0.777. The standard InChI is InChI=1S/C23H21N3O4/c1-3-12-25-14-15(18-6-4-5-7-20(18)25)13-19-21(27)24-23(29)26(22(19)28)16-8-10-17(30-2)11-9-16/h4-11,13-14H,3,12H2,1-2H3,(H,24,27,29). The zero-order valence-corrected chi connectivity index (χ0v) is 16.7. The molecule has 2 aromatic carbocycles. The Kier molecular flexibility index (Phi) is 5.10. The monoisotopic (exact) mass is 403 g/mol. The molecule has 2 heterocycles. The maximum absolute atomic E-state index is 13.1. The molecule has 0 atom stereocenters. The molecule has 4 rings (SSSR count). The van der Waals surface area contributed by atoms with Crippen molar-refractivity contribution in [2.24, 2.45) is 0 Å². The van der Waals surface area contributed by atoms with Crippen molar-refractivity contribution in [2.45, 2.75) is 19.9 Å². The summed E-state index contributed by atoms with van der Waals surface area (Å²) >= 11 is 0. The zero-order valence-electron chi connectivity index (χ0n) is 16.7. The number of urea groups is 1. The van der Waals surface area contributed by atoms with E-state index in [4.69, 9.17) is 4.74 Å². The maximum atomic E-state index is 13.1. The number of methoxy groups -OCH3 is 1. The molecule has 0 bridgehead atoms. The van der Waals surface area contributed by atoms with E-state index in [1.165, 1.54) is 7.11 Å². The molecule has 0 unspecified atom stereocenters. The van der Waals surface area contributed by atoms with Crippen molar-refractivity contribution in [3.8, 4) is 5.75 Å². The fourth-order valence-corrected chi connectivity index (χ4v) is 3.59. The lowest BCUT2D eigenvalue weighted by Gasteiger charge is -2.26. The first-order valence-corrected chi connectivity index (χ1v) is 9.67. The topological polar surface area (TPSA) is 80.6 Å². The number of imide groups is 2. The number of carbonyl (C=O) groups is 3. The first-order chi connectivity index (χ1) is 14.5. The van der Waals surface area contributed by atoms with Gasteiger partial charge in [0.05, 0.1) is 12.8 Å². The lowest BCUT2D eigenvalue weighted by atomic mass is 10.1. The Morgan fingerprint density at radius 2 is 1.77 bits per heavy atom. The molecule has 7 heteroatoms. The van der Waals surface area contributed by atoms with Crippen LogP contribution in [0.1, 0.15) is 18.9 Å². The summed E-state index contributed by atoms with van der Waals surface area (Å²) in [5.74, 6) is -0.775. The number of amides is 4. The quantitative estimate of drug-likeness (QED) is 0.520. The van der Waals surface area contributed by atoms with E-state index in [9.17, 15) is 14.4 Å². The van der Waals surface area contributed by atoms with Gasteiger partial charge in [-0.05, 0) is 42.8 Å². The second-order valence-corrected chi connectivity index (χ2v) is 6.95. The minimum Gasteiger partial charge on any atom is -0.497 e. The Bertz CT molecular complexity index is 1170. The average Bonchev–Trinajstić information content (AvgIpc) is 3.09. The third-order valence-corrected chi connectivity index (χ3v) is 5.02. The minimum absolute atomic E-state index is 0.0928. The summed E-state index contributed by atoms with van der Waals surface area (Å²) in [6.45, 7) is 2.91. The van der Waals surface area contributed by atoms with Gasteiger partial charge in [0.2, 0.25) is 0 Å². The van der Waals surface area contributed by atoms with Gasteiger partial charge in [-0.1, -0.05) is 25.1 Å². The normalized spacial score (nSPS) is 15.7. The van der Waals surface area contributed by atoms with Gasteiger partial charge in [0.25, 0.3) is 11.8 Å². The molecule has 1 saturated heterocycles. The number of hydrogen-bond donors (Lipinski definition) is 1. The highest BCUT2D eigenvalue weighted by Crippen LogP contribution is 2.27. The number of fused-ring (bicyclic) bond motifs is 1. The van der Waals surface area contributed by atoms with Crippen LogP contribution in [0.3, 0.4) is 0 Å². The lowest BCUT2D eigenvalue weighted by Crippen LogP contribution is -2.54. The number of benzene rings is 2. The molecule has 1 aromatic heterocycles. The van der Waals surface area contributed by atoms with Crippen molar-refractivity contribution < 1.29 is 19.1 Å². The van der Waals surface area contributed by atoms with Gasteiger partial charge in [0, 0.05) is 29.2 Å². The Morgan fingerprint density at radius 3 is 2.47 bits per heavy atom. The summed E-state index contributed by atoms with van der Waals surface area (Å²) in [4.78, 5) is 38.9. The van der Waals surface area contributed by atoms with Crippen LogP contribution in [0, 0.1) is 0 Å². The molecule has 1 N–H and O–H groups in total. The van der Waals surface area contributed by atoms with Crippen LogP contribution < -0.4 is 15.0 Å². The first-order valence-electron chi connectivity index (χ1n) is 9.67. The molecule has 0 radical (unpaired) electrons. The van der Waals surface area contributed by atoms with Gasteiger partial charge in [-0.3, -0.25) is 14.9 Å². The fraction of sp³-hybridized carbons (Fsp3) is 0.174. The van der Waals surface area contributed by atoms with Crippen LogP contribution >= 0.6 is 0 Å². The summed E-state index contributed by atoms with van der Waals surface area (Å²) < 4.78 is 7.22. The van der Waals surface area contributed by atoms with Gasteiger partial charge in [-0.2, -0.15) is 0 Å². The Hall–Kier alpha value is -3.87. The summed E-state index contributed by atoms with van der Waals surface area (Å²) in [5, 5.41) is 3.20. The first kappa shape index (κ1) is 19.4. The van der Waals surface area contributed by atoms with Crippen molar-refractivity contribution in [3.63, 3.8) is 0 Å². The summed E-state index contributed by atoms with van der Waals surface area (Å²) in [6, 6.07) is 13.5. The molecule has 30 heavy (non-hydrogen) atoms. The molecule has 0 saturated carbocycles. The second-order valence-electron chi connectivity index (χ2n) is 6.95. The molecule has 7 nitrogen and oxygen atoms in total. The number of anilines is 1. The van der Waals surface area contributed by atoms with Crippen molar-refractivity contribution in [1.29, 1.82) is 0 Å². The highest BCUT2D eigenvalue weighted by Gasteiger charge is 2.37. The van der Waals surface area contributed by atoms with Crippen LogP contribution in [-0.4, -0.2) is 29.5 Å². The molecule has 0 spiro atoms. The van der Waals surface area contributed by atoms with Gasteiger partial charge < -0.3 is 9.30 Å². The van der Waals surface area contributed by atoms with Gasteiger partial charge in [-0.15, -0.1) is 0 Å². The lowest BCUT2D eigenvalue weighted by molar-refractivity contribution is -0.122. The van der Waals surface area contributed by atoms with E-state index in [1.807, 2.05) is 30.5 Å². The number of barbiturate groups is 1. The molecular formula is C23H21N3O4. The summed E-state index contributed by atoms with van der Waals surface area (Å²) in [7, 11) is 1.53. The van der Waals surface area contributed by atoms with E-state index < -0.39 is 17.8 Å². The van der Waals surface area contributed by atoms with Gasteiger partial charge in [-0.25, -0.2) is 9.69 Å². The summed E-state index contributed by atoms with van der Waals surface area (Å²) in [5.41, 5.74) is 2.04. The molecule has 152 valence electrons. The van der Waals surface area contributed by atoms with E-state index in [-0.39, 0.29) is 5.57 Å². The third-order valence-electron chi connectivity index (χ3n) is 5.02. The van der Waals surface area contributed by atoms with E-state index in [1.54, 1.807) is 30.3 Å². The Balaban J connectivity index is 1.77.